The Morgan fingerprint density at radius 1 is 1.30 bits per heavy atom. The zero-order chi connectivity index (χ0) is 22.9. The van der Waals surface area contributed by atoms with Gasteiger partial charge in [-0.1, -0.05) is 6.07 Å². The number of rotatable bonds is 10. The van der Waals surface area contributed by atoms with Crippen LogP contribution in [0.3, 0.4) is 0 Å². The number of hydrogen-bond donors (Lipinski definition) is 2. The molecule has 0 saturated carbocycles. The highest BCUT2D eigenvalue weighted by molar-refractivity contribution is 7.14. The summed E-state index contributed by atoms with van der Waals surface area (Å²) in [5, 5.41) is 17.3. The Balaban J connectivity index is 1.22. The number of thiazole rings is 1. The van der Waals surface area contributed by atoms with Crippen LogP contribution >= 0.6 is 11.3 Å². The maximum Gasteiger partial charge on any atom is 0.270 e. The van der Waals surface area contributed by atoms with Gasteiger partial charge in [-0.25, -0.2) is 9.97 Å². The van der Waals surface area contributed by atoms with E-state index in [2.05, 4.69) is 32.7 Å². The van der Waals surface area contributed by atoms with Gasteiger partial charge in [0.05, 0.1) is 31.9 Å². The van der Waals surface area contributed by atoms with Gasteiger partial charge in [-0.3, -0.25) is 9.69 Å². The maximum atomic E-state index is 12.3. The van der Waals surface area contributed by atoms with Crippen LogP contribution in [0, 0.1) is 11.3 Å². The van der Waals surface area contributed by atoms with Gasteiger partial charge in [-0.05, 0) is 50.9 Å². The van der Waals surface area contributed by atoms with E-state index in [1.807, 2.05) is 12.1 Å². The number of carbonyl (C=O) groups excluding carboxylic acids is 1. The summed E-state index contributed by atoms with van der Waals surface area (Å²) >= 11 is 1.37. The van der Waals surface area contributed by atoms with E-state index in [4.69, 9.17) is 19.7 Å². The molecule has 0 aromatic carbocycles. The van der Waals surface area contributed by atoms with Crippen LogP contribution in [0.25, 0.3) is 0 Å². The van der Waals surface area contributed by atoms with Crippen LogP contribution in [0.1, 0.15) is 47.8 Å². The summed E-state index contributed by atoms with van der Waals surface area (Å²) in [6.45, 7) is 4.60. The molecule has 2 aromatic rings. The lowest BCUT2D eigenvalue weighted by Gasteiger charge is -2.29. The van der Waals surface area contributed by atoms with Gasteiger partial charge in [-0.15, -0.1) is 11.3 Å². The highest BCUT2D eigenvalue weighted by atomic mass is 32.1. The average molecular weight is 471 g/mol. The van der Waals surface area contributed by atoms with E-state index in [9.17, 15) is 4.79 Å². The SMILES string of the molecule is N#CCN1CCC(c2cccc(Nc3nc(C(=O)NCCOCC4CCCO4)cs3)n2)CC1. The van der Waals surface area contributed by atoms with Crippen molar-refractivity contribution in [2.45, 2.75) is 37.7 Å². The average Bonchev–Trinajstić information content (AvgIpc) is 3.52. The molecule has 2 aliphatic rings. The lowest BCUT2D eigenvalue weighted by atomic mass is 9.93. The molecule has 2 fully saturated rings. The number of nitrogens with zero attached hydrogens (tertiary/aromatic N) is 4. The van der Waals surface area contributed by atoms with Gasteiger partial charge in [0.2, 0.25) is 0 Å². The minimum atomic E-state index is -0.217. The van der Waals surface area contributed by atoms with Crippen LogP contribution in [-0.4, -0.2) is 72.9 Å². The summed E-state index contributed by atoms with van der Waals surface area (Å²) in [5.74, 6) is 0.892. The number of piperidine rings is 1. The lowest BCUT2D eigenvalue weighted by molar-refractivity contribution is 0.0183. The largest absolute Gasteiger partial charge is 0.377 e. The second-order valence-electron chi connectivity index (χ2n) is 8.28. The van der Waals surface area contributed by atoms with Gasteiger partial charge in [0, 0.05) is 30.1 Å². The van der Waals surface area contributed by atoms with Crippen LogP contribution < -0.4 is 10.6 Å². The van der Waals surface area contributed by atoms with Crippen LogP contribution in [0.15, 0.2) is 23.6 Å². The zero-order valence-electron chi connectivity index (χ0n) is 18.7. The van der Waals surface area contributed by atoms with Crippen molar-refractivity contribution in [3.63, 3.8) is 0 Å². The number of pyridine rings is 1. The number of amides is 1. The van der Waals surface area contributed by atoms with Crippen LogP contribution in [0.2, 0.25) is 0 Å². The van der Waals surface area contributed by atoms with E-state index >= 15 is 0 Å². The Kier molecular flexibility index (Phi) is 8.60. The number of anilines is 2. The topological polar surface area (TPSA) is 112 Å². The van der Waals surface area contributed by atoms with Gasteiger partial charge >= 0.3 is 0 Å². The van der Waals surface area contributed by atoms with E-state index in [1.165, 1.54) is 11.3 Å². The molecule has 1 unspecified atom stereocenters. The summed E-state index contributed by atoms with van der Waals surface area (Å²) in [6.07, 6.45) is 4.32. The minimum Gasteiger partial charge on any atom is -0.377 e. The first kappa shape index (κ1) is 23.6. The lowest BCUT2D eigenvalue weighted by Crippen LogP contribution is -2.33. The fraction of sp³-hybridized carbons (Fsp3) is 0.565. The van der Waals surface area contributed by atoms with E-state index in [0.717, 1.165) is 56.9 Å². The Morgan fingerprint density at radius 2 is 2.18 bits per heavy atom. The molecule has 10 heteroatoms. The van der Waals surface area contributed by atoms with E-state index in [-0.39, 0.29) is 12.0 Å². The molecule has 2 aromatic heterocycles. The molecule has 176 valence electrons. The summed E-state index contributed by atoms with van der Waals surface area (Å²) in [4.78, 5) is 23.7. The normalized spacial score (nSPS) is 19.3. The first-order valence-corrected chi connectivity index (χ1v) is 12.4. The third kappa shape index (κ3) is 6.95. The summed E-state index contributed by atoms with van der Waals surface area (Å²) in [5.41, 5.74) is 1.43. The number of ether oxygens (including phenoxy) is 2. The predicted octanol–water partition coefficient (Wildman–Crippen LogP) is 2.91. The smallest absolute Gasteiger partial charge is 0.270 e. The number of hydrogen-bond acceptors (Lipinski definition) is 9. The molecule has 1 atom stereocenters. The summed E-state index contributed by atoms with van der Waals surface area (Å²) < 4.78 is 11.1. The molecular formula is C23H30N6O3S. The first-order chi connectivity index (χ1) is 16.2. The van der Waals surface area contributed by atoms with Crippen LogP contribution in [0.4, 0.5) is 10.9 Å². The number of nitriles is 1. The number of carbonyl (C=O) groups is 1. The summed E-state index contributed by atoms with van der Waals surface area (Å²) in [7, 11) is 0. The molecule has 0 aliphatic carbocycles. The van der Waals surface area contributed by atoms with Crippen molar-refractivity contribution in [3.05, 3.63) is 35.0 Å². The van der Waals surface area contributed by atoms with Gasteiger partial charge in [0.1, 0.15) is 11.5 Å². The minimum absolute atomic E-state index is 0.191. The molecule has 2 saturated heterocycles. The quantitative estimate of drug-likeness (QED) is 0.403. The van der Waals surface area contributed by atoms with Crippen molar-refractivity contribution in [1.82, 2.24) is 20.2 Å². The molecule has 0 spiro atoms. The molecule has 9 nitrogen and oxygen atoms in total. The van der Waals surface area contributed by atoms with Gasteiger partial charge in [0.15, 0.2) is 5.13 Å². The zero-order valence-corrected chi connectivity index (χ0v) is 19.5. The molecule has 2 aliphatic heterocycles. The summed E-state index contributed by atoms with van der Waals surface area (Å²) in [6, 6.07) is 8.17. The molecule has 4 rings (SSSR count). The molecular weight excluding hydrogens is 440 g/mol. The molecule has 1 amide bonds. The first-order valence-electron chi connectivity index (χ1n) is 11.5. The van der Waals surface area contributed by atoms with E-state index < -0.39 is 0 Å². The van der Waals surface area contributed by atoms with Crippen LogP contribution in [0.5, 0.6) is 0 Å². The van der Waals surface area contributed by atoms with Gasteiger partial charge in [0.25, 0.3) is 5.91 Å². The fourth-order valence-corrected chi connectivity index (χ4v) is 4.80. The second-order valence-corrected chi connectivity index (χ2v) is 9.14. The third-order valence-electron chi connectivity index (χ3n) is 5.90. The molecule has 0 radical (unpaired) electrons. The van der Waals surface area contributed by atoms with Crippen molar-refractivity contribution >= 4 is 28.2 Å². The highest BCUT2D eigenvalue weighted by Gasteiger charge is 2.21. The Hall–Kier alpha value is -2.58. The number of aromatic nitrogens is 2. The van der Waals surface area contributed by atoms with Crippen molar-refractivity contribution in [1.29, 1.82) is 5.26 Å². The maximum absolute atomic E-state index is 12.3. The van der Waals surface area contributed by atoms with Crippen molar-refractivity contribution < 1.29 is 14.3 Å². The second kappa shape index (κ2) is 12.0. The Morgan fingerprint density at radius 3 is 2.97 bits per heavy atom. The Bertz CT molecular complexity index is 948. The molecule has 33 heavy (non-hydrogen) atoms. The van der Waals surface area contributed by atoms with Crippen molar-refractivity contribution in [2.75, 3.05) is 51.3 Å². The molecule has 0 bridgehead atoms. The number of nitrogens with one attached hydrogen (secondary N) is 2. The van der Waals surface area contributed by atoms with Crippen molar-refractivity contribution in [3.8, 4) is 6.07 Å². The van der Waals surface area contributed by atoms with E-state index in [0.29, 0.717) is 43.0 Å². The monoisotopic (exact) mass is 470 g/mol. The van der Waals surface area contributed by atoms with E-state index in [1.54, 1.807) is 5.38 Å². The van der Waals surface area contributed by atoms with Crippen molar-refractivity contribution in [2.24, 2.45) is 0 Å². The number of likely N-dealkylation sites (tertiary alicyclic amines) is 1. The predicted molar refractivity (Wildman–Crippen MR) is 126 cm³/mol. The standard InChI is InChI=1S/C23H30N6O3S/c24-8-12-29-10-6-17(7-11-29)19-4-1-5-21(26-19)28-23-27-20(16-33-23)22(30)25-9-14-31-15-18-3-2-13-32-18/h1,4-5,16-18H,2-3,6-7,9-15H2,(H,25,30)(H,26,27,28). The fourth-order valence-electron chi connectivity index (χ4n) is 4.10. The van der Waals surface area contributed by atoms with Crippen LogP contribution in [-0.2, 0) is 9.47 Å². The Labute approximate surface area is 198 Å². The molecule has 4 heterocycles. The van der Waals surface area contributed by atoms with Gasteiger partial charge < -0.3 is 20.1 Å². The molecule has 2 N–H and O–H groups in total. The highest BCUT2D eigenvalue weighted by Crippen LogP contribution is 2.28. The third-order valence-corrected chi connectivity index (χ3v) is 6.66. The van der Waals surface area contributed by atoms with Gasteiger partial charge in [-0.2, -0.15) is 5.26 Å².